The van der Waals surface area contributed by atoms with Crippen molar-refractivity contribution in [1.82, 2.24) is 10.5 Å². The van der Waals surface area contributed by atoms with E-state index in [0.29, 0.717) is 43.9 Å². The van der Waals surface area contributed by atoms with Crippen molar-refractivity contribution in [2.24, 2.45) is 0 Å². The SMILES string of the molecule is CCNC(=O)c1nocc1-c1ccc(C=O)c(-c2cccc(CC(C)(COCc3ccccc3)OCc3ccccc3)c2)c1. The highest BCUT2D eigenvalue weighted by Gasteiger charge is 2.27. The minimum Gasteiger partial charge on any atom is -0.374 e. The van der Waals surface area contributed by atoms with Crippen LogP contribution in [0.4, 0.5) is 0 Å². The second-order valence-corrected chi connectivity index (χ2v) is 10.9. The van der Waals surface area contributed by atoms with Gasteiger partial charge >= 0.3 is 0 Å². The van der Waals surface area contributed by atoms with Gasteiger partial charge in [-0.25, -0.2) is 0 Å². The molecule has 1 amide bonds. The molecule has 0 aliphatic rings. The Hall–Kier alpha value is -4.85. The molecule has 224 valence electrons. The van der Waals surface area contributed by atoms with Gasteiger partial charge in [-0.15, -0.1) is 0 Å². The lowest BCUT2D eigenvalue weighted by molar-refractivity contribution is -0.0981. The Labute approximate surface area is 257 Å². The predicted molar refractivity (Wildman–Crippen MR) is 170 cm³/mol. The molecule has 1 atom stereocenters. The van der Waals surface area contributed by atoms with Gasteiger partial charge in [0.25, 0.3) is 5.91 Å². The topological polar surface area (TPSA) is 90.7 Å². The number of carbonyl (C=O) groups excluding carboxylic acids is 2. The van der Waals surface area contributed by atoms with Crippen LogP contribution in [0.5, 0.6) is 0 Å². The zero-order valence-corrected chi connectivity index (χ0v) is 25.0. The Morgan fingerprint density at radius 1 is 0.841 bits per heavy atom. The lowest BCUT2D eigenvalue weighted by Crippen LogP contribution is -2.37. The van der Waals surface area contributed by atoms with E-state index in [1.165, 1.54) is 6.26 Å². The molecule has 0 saturated carbocycles. The fourth-order valence-electron chi connectivity index (χ4n) is 5.14. The summed E-state index contributed by atoms with van der Waals surface area (Å²) in [7, 11) is 0. The van der Waals surface area contributed by atoms with E-state index in [1.807, 2.05) is 85.8 Å². The fraction of sp³-hybridized carbons (Fsp3) is 0.216. The molecule has 7 nitrogen and oxygen atoms in total. The van der Waals surface area contributed by atoms with E-state index in [0.717, 1.165) is 39.7 Å². The molecule has 1 unspecified atom stereocenters. The number of hydrogen-bond acceptors (Lipinski definition) is 6. The summed E-state index contributed by atoms with van der Waals surface area (Å²) in [5.74, 6) is -0.316. The molecule has 0 spiro atoms. The van der Waals surface area contributed by atoms with Crippen LogP contribution in [-0.2, 0) is 29.1 Å². The zero-order valence-electron chi connectivity index (χ0n) is 25.0. The van der Waals surface area contributed by atoms with Crippen molar-refractivity contribution in [1.29, 1.82) is 0 Å². The summed E-state index contributed by atoms with van der Waals surface area (Å²) in [6.45, 7) is 5.72. The van der Waals surface area contributed by atoms with Crippen molar-refractivity contribution < 1.29 is 23.6 Å². The highest BCUT2D eigenvalue weighted by atomic mass is 16.5. The third-order valence-electron chi connectivity index (χ3n) is 7.38. The molecule has 5 rings (SSSR count). The van der Waals surface area contributed by atoms with Gasteiger partial charge in [0.1, 0.15) is 6.26 Å². The van der Waals surface area contributed by atoms with Gasteiger partial charge in [0, 0.05) is 18.5 Å². The molecule has 1 heterocycles. The number of aromatic nitrogens is 1. The van der Waals surface area contributed by atoms with Gasteiger partial charge < -0.3 is 19.3 Å². The van der Waals surface area contributed by atoms with Gasteiger partial charge in [-0.05, 0) is 53.3 Å². The van der Waals surface area contributed by atoms with Crippen molar-refractivity contribution in [3.05, 3.63) is 137 Å². The largest absolute Gasteiger partial charge is 0.374 e. The maximum Gasteiger partial charge on any atom is 0.274 e. The third kappa shape index (κ3) is 7.75. The van der Waals surface area contributed by atoms with Crippen molar-refractivity contribution in [2.75, 3.05) is 13.2 Å². The second-order valence-electron chi connectivity index (χ2n) is 10.9. The lowest BCUT2D eigenvalue weighted by Gasteiger charge is -2.30. The average Bonchev–Trinajstić information content (AvgIpc) is 3.55. The van der Waals surface area contributed by atoms with E-state index in [9.17, 15) is 9.59 Å². The molecule has 0 radical (unpaired) electrons. The normalized spacial score (nSPS) is 12.4. The van der Waals surface area contributed by atoms with Crippen molar-refractivity contribution in [3.63, 3.8) is 0 Å². The van der Waals surface area contributed by atoms with Crippen molar-refractivity contribution >= 4 is 12.2 Å². The number of ether oxygens (including phenoxy) is 2. The molecule has 1 aromatic heterocycles. The molecular formula is C37H36N2O5. The van der Waals surface area contributed by atoms with E-state index in [1.54, 1.807) is 12.1 Å². The Morgan fingerprint density at radius 2 is 1.52 bits per heavy atom. The highest BCUT2D eigenvalue weighted by Crippen LogP contribution is 2.32. The number of nitrogens with one attached hydrogen (secondary N) is 1. The first-order valence-electron chi connectivity index (χ1n) is 14.7. The smallest absolute Gasteiger partial charge is 0.274 e. The molecule has 0 aliphatic heterocycles. The van der Waals surface area contributed by atoms with Crippen LogP contribution < -0.4 is 5.32 Å². The van der Waals surface area contributed by atoms with Gasteiger partial charge in [0.15, 0.2) is 12.0 Å². The molecular weight excluding hydrogens is 552 g/mol. The van der Waals surface area contributed by atoms with Crippen molar-refractivity contribution in [2.45, 2.75) is 39.1 Å². The molecule has 5 aromatic rings. The van der Waals surface area contributed by atoms with Gasteiger partial charge in [-0.2, -0.15) is 0 Å². The molecule has 0 bridgehead atoms. The van der Waals surface area contributed by atoms with Gasteiger partial charge in [-0.1, -0.05) is 102 Å². The molecule has 44 heavy (non-hydrogen) atoms. The first-order valence-corrected chi connectivity index (χ1v) is 14.7. The Morgan fingerprint density at radius 3 is 2.23 bits per heavy atom. The van der Waals surface area contributed by atoms with Crippen LogP contribution in [0.2, 0.25) is 0 Å². The van der Waals surface area contributed by atoms with Crippen LogP contribution in [0.1, 0.15) is 51.4 Å². The summed E-state index contributed by atoms with van der Waals surface area (Å²) in [6, 6.07) is 33.7. The van der Waals surface area contributed by atoms with Crippen LogP contribution in [0.25, 0.3) is 22.3 Å². The first kappa shape index (κ1) is 30.6. The monoisotopic (exact) mass is 588 g/mol. The van der Waals surface area contributed by atoms with E-state index in [4.69, 9.17) is 14.0 Å². The van der Waals surface area contributed by atoms with Gasteiger partial charge in [0.05, 0.1) is 31.0 Å². The van der Waals surface area contributed by atoms with Crippen LogP contribution in [0.3, 0.4) is 0 Å². The summed E-state index contributed by atoms with van der Waals surface area (Å²) in [5.41, 5.74) is 6.25. The molecule has 7 heteroatoms. The van der Waals surface area contributed by atoms with Crippen LogP contribution in [-0.4, -0.2) is 36.1 Å². The second kappa shape index (κ2) is 14.6. The van der Waals surface area contributed by atoms with Crippen molar-refractivity contribution in [3.8, 4) is 22.3 Å². The summed E-state index contributed by atoms with van der Waals surface area (Å²) in [4.78, 5) is 24.6. The molecule has 1 N–H and O–H groups in total. The average molecular weight is 589 g/mol. The maximum absolute atomic E-state index is 12.5. The number of aldehydes is 1. The van der Waals surface area contributed by atoms with E-state index in [-0.39, 0.29) is 11.6 Å². The molecule has 0 aliphatic carbocycles. The molecule has 0 fully saturated rings. The number of benzene rings is 4. The third-order valence-corrected chi connectivity index (χ3v) is 7.38. The Bertz CT molecular complexity index is 1680. The van der Waals surface area contributed by atoms with Gasteiger partial charge in [0.2, 0.25) is 0 Å². The standard InChI is InChI=1S/C37H36N2O5/c1-3-38-36(41)35-34(25-44-39-35)31-17-18-32(22-40)33(20-31)30-16-10-15-29(19-30)21-37(2,43-24-28-13-8-5-9-14-28)26-42-23-27-11-6-4-7-12-27/h4-20,22,25H,3,21,23-24,26H2,1-2H3,(H,38,41). The van der Waals surface area contributed by atoms with E-state index in [2.05, 4.69) is 29.5 Å². The number of hydrogen-bond donors (Lipinski definition) is 1. The van der Waals surface area contributed by atoms with E-state index >= 15 is 0 Å². The summed E-state index contributed by atoms with van der Waals surface area (Å²) in [6.07, 6.45) is 2.88. The van der Waals surface area contributed by atoms with Gasteiger partial charge in [-0.3, -0.25) is 9.59 Å². The molecule has 0 saturated heterocycles. The fourth-order valence-corrected chi connectivity index (χ4v) is 5.14. The maximum atomic E-state index is 12.5. The van der Waals surface area contributed by atoms with Crippen LogP contribution >= 0.6 is 0 Å². The minimum atomic E-state index is -0.622. The number of carbonyl (C=O) groups is 2. The number of amides is 1. The van der Waals surface area contributed by atoms with E-state index < -0.39 is 5.60 Å². The first-order chi connectivity index (χ1) is 21.5. The minimum absolute atomic E-state index is 0.201. The lowest BCUT2D eigenvalue weighted by atomic mass is 9.91. The van der Waals surface area contributed by atoms with Crippen LogP contribution in [0, 0.1) is 0 Å². The predicted octanol–water partition coefficient (Wildman–Crippen LogP) is 7.31. The summed E-state index contributed by atoms with van der Waals surface area (Å²) >= 11 is 0. The summed E-state index contributed by atoms with van der Waals surface area (Å²) in [5, 5.41) is 6.67. The quantitative estimate of drug-likeness (QED) is 0.137. The number of nitrogens with zero attached hydrogens (tertiary/aromatic N) is 1. The summed E-state index contributed by atoms with van der Waals surface area (Å²) < 4.78 is 17.9. The Kier molecular flexibility index (Phi) is 10.1. The highest BCUT2D eigenvalue weighted by molar-refractivity contribution is 5.99. The Balaban J connectivity index is 1.41. The number of rotatable bonds is 14. The zero-order chi connectivity index (χ0) is 30.8. The van der Waals surface area contributed by atoms with Crippen LogP contribution in [0.15, 0.2) is 114 Å². The molecule has 4 aromatic carbocycles.